The molecular formula is C13H17ClFNO3. The van der Waals surface area contributed by atoms with Gasteiger partial charge >= 0.3 is 0 Å². The number of aliphatic hydroxyl groups excluding tert-OH is 2. The molecule has 6 heteroatoms. The lowest BCUT2D eigenvalue weighted by Gasteiger charge is -2.28. The van der Waals surface area contributed by atoms with Gasteiger partial charge in [-0.3, -0.25) is 4.79 Å². The van der Waals surface area contributed by atoms with E-state index in [9.17, 15) is 19.4 Å². The second-order valence-corrected chi connectivity index (χ2v) is 4.82. The number of amides is 1. The normalized spacial score (nSPS) is 14.1. The summed E-state index contributed by atoms with van der Waals surface area (Å²) in [6.45, 7) is 2.68. The molecule has 19 heavy (non-hydrogen) atoms. The van der Waals surface area contributed by atoms with Crippen LogP contribution in [0.3, 0.4) is 0 Å². The summed E-state index contributed by atoms with van der Waals surface area (Å²) < 4.78 is 13.4. The van der Waals surface area contributed by atoms with Crippen LogP contribution in [0.2, 0.25) is 5.02 Å². The van der Waals surface area contributed by atoms with Gasteiger partial charge in [0.25, 0.3) is 5.91 Å². The SMILES string of the molecule is CC(O)C(=O)N(C)[C@@H](C)c1cc(F)cc(Cl)c1CO. The van der Waals surface area contributed by atoms with Crippen molar-refractivity contribution in [2.45, 2.75) is 32.6 Å². The Morgan fingerprint density at radius 1 is 1.47 bits per heavy atom. The lowest BCUT2D eigenvalue weighted by Crippen LogP contribution is -2.36. The number of halogens is 2. The third kappa shape index (κ3) is 3.43. The van der Waals surface area contributed by atoms with E-state index in [1.165, 1.54) is 24.9 Å². The van der Waals surface area contributed by atoms with Crippen LogP contribution in [-0.4, -0.2) is 34.2 Å². The molecule has 0 spiro atoms. The van der Waals surface area contributed by atoms with E-state index >= 15 is 0 Å². The fraction of sp³-hybridized carbons (Fsp3) is 0.462. The second kappa shape index (κ2) is 6.32. The molecule has 0 heterocycles. The zero-order chi connectivity index (χ0) is 14.7. The lowest BCUT2D eigenvalue weighted by atomic mass is 10.00. The zero-order valence-corrected chi connectivity index (χ0v) is 11.8. The molecule has 1 unspecified atom stereocenters. The first-order valence-electron chi connectivity index (χ1n) is 5.83. The van der Waals surface area contributed by atoms with Gasteiger partial charge in [-0.1, -0.05) is 11.6 Å². The molecule has 0 aliphatic carbocycles. The van der Waals surface area contributed by atoms with Gasteiger partial charge in [0.15, 0.2) is 0 Å². The van der Waals surface area contributed by atoms with E-state index in [1.54, 1.807) is 6.92 Å². The number of nitrogens with zero attached hydrogens (tertiary/aromatic N) is 1. The summed E-state index contributed by atoms with van der Waals surface area (Å²) in [5.41, 5.74) is 0.796. The Kier molecular flexibility index (Phi) is 5.29. The molecule has 0 aromatic heterocycles. The first-order chi connectivity index (χ1) is 8.79. The molecular weight excluding hydrogens is 273 g/mol. The average molecular weight is 290 g/mol. The number of benzene rings is 1. The van der Waals surface area contributed by atoms with Crippen LogP contribution in [-0.2, 0) is 11.4 Å². The highest BCUT2D eigenvalue weighted by Crippen LogP contribution is 2.29. The summed E-state index contributed by atoms with van der Waals surface area (Å²) in [6.07, 6.45) is -1.14. The maximum Gasteiger partial charge on any atom is 0.251 e. The van der Waals surface area contributed by atoms with Crippen molar-refractivity contribution < 1.29 is 19.4 Å². The predicted molar refractivity (Wildman–Crippen MR) is 70.2 cm³/mol. The Balaban J connectivity index is 3.18. The van der Waals surface area contributed by atoms with Crippen molar-refractivity contribution in [1.29, 1.82) is 0 Å². The lowest BCUT2D eigenvalue weighted by molar-refractivity contribution is -0.139. The van der Waals surface area contributed by atoms with Gasteiger partial charge in [0.05, 0.1) is 12.6 Å². The minimum absolute atomic E-state index is 0.113. The Hall–Kier alpha value is -1.17. The smallest absolute Gasteiger partial charge is 0.251 e. The van der Waals surface area contributed by atoms with E-state index in [4.69, 9.17) is 11.6 Å². The van der Waals surface area contributed by atoms with Crippen molar-refractivity contribution >= 4 is 17.5 Å². The molecule has 0 saturated carbocycles. The number of likely N-dealkylation sites (N-methyl/N-ethyl adjacent to an activating group) is 1. The molecule has 106 valence electrons. The Morgan fingerprint density at radius 3 is 2.53 bits per heavy atom. The molecule has 0 aliphatic rings. The minimum atomic E-state index is -1.14. The predicted octanol–water partition coefficient (Wildman–Crippen LogP) is 1.87. The maximum absolute atomic E-state index is 13.4. The molecule has 1 amide bonds. The summed E-state index contributed by atoms with van der Waals surface area (Å²) in [5.74, 6) is -1.03. The molecule has 2 N–H and O–H groups in total. The molecule has 0 radical (unpaired) electrons. The first-order valence-corrected chi connectivity index (χ1v) is 6.20. The summed E-state index contributed by atoms with van der Waals surface area (Å²) in [5, 5.41) is 18.7. The van der Waals surface area contributed by atoms with Gasteiger partial charge in [-0.25, -0.2) is 4.39 Å². The molecule has 4 nitrogen and oxygen atoms in total. The fourth-order valence-electron chi connectivity index (χ4n) is 1.86. The number of aliphatic hydroxyl groups is 2. The minimum Gasteiger partial charge on any atom is -0.392 e. The molecule has 1 rings (SSSR count). The van der Waals surface area contributed by atoms with Gasteiger partial charge in [0, 0.05) is 17.6 Å². The third-order valence-electron chi connectivity index (χ3n) is 3.09. The van der Waals surface area contributed by atoms with Crippen LogP contribution in [0, 0.1) is 5.82 Å². The van der Waals surface area contributed by atoms with Crippen molar-refractivity contribution in [1.82, 2.24) is 4.90 Å². The van der Waals surface area contributed by atoms with Gasteiger partial charge in [-0.05, 0) is 31.5 Å². The van der Waals surface area contributed by atoms with Gasteiger partial charge in [0.2, 0.25) is 0 Å². The van der Waals surface area contributed by atoms with Crippen LogP contribution >= 0.6 is 11.6 Å². The number of rotatable bonds is 4. The summed E-state index contributed by atoms with van der Waals surface area (Å²) in [7, 11) is 1.50. The quantitative estimate of drug-likeness (QED) is 0.889. The van der Waals surface area contributed by atoms with E-state index in [2.05, 4.69) is 0 Å². The van der Waals surface area contributed by atoms with Gasteiger partial charge in [-0.2, -0.15) is 0 Å². The van der Waals surface area contributed by atoms with Crippen molar-refractivity contribution in [2.24, 2.45) is 0 Å². The van der Waals surface area contributed by atoms with E-state index in [0.717, 1.165) is 6.07 Å². The molecule has 1 aromatic carbocycles. The highest BCUT2D eigenvalue weighted by atomic mass is 35.5. The van der Waals surface area contributed by atoms with Crippen LogP contribution in [0.4, 0.5) is 4.39 Å². The average Bonchev–Trinajstić information content (AvgIpc) is 2.35. The van der Waals surface area contributed by atoms with Crippen molar-refractivity contribution in [2.75, 3.05) is 7.05 Å². The van der Waals surface area contributed by atoms with Crippen LogP contribution < -0.4 is 0 Å². The van der Waals surface area contributed by atoms with Gasteiger partial charge in [0.1, 0.15) is 11.9 Å². The summed E-state index contributed by atoms with van der Waals surface area (Å²) in [4.78, 5) is 13.0. The van der Waals surface area contributed by atoms with Crippen molar-refractivity contribution in [3.8, 4) is 0 Å². The molecule has 0 bridgehead atoms. The van der Waals surface area contributed by atoms with Crippen LogP contribution in [0.25, 0.3) is 0 Å². The van der Waals surface area contributed by atoms with E-state index in [-0.39, 0.29) is 11.6 Å². The summed E-state index contributed by atoms with van der Waals surface area (Å²) >= 11 is 5.87. The van der Waals surface area contributed by atoms with Crippen LogP contribution in [0.15, 0.2) is 12.1 Å². The van der Waals surface area contributed by atoms with Crippen molar-refractivity contribution in [3.05, 3.63) is 34.1 Å². The zero-order valence-electron chi connectivity index (χ0n) is 11.0. The Morgan fingerprint density at radius 2 is 2.05 bits per heavy atom. The van der Waals surface area contributed by atoms with E-state index in [1.807, 2.05) is 0 Å². The van der Waals surface area contributed by atoms with Crippen LogP contribution in [0.5, 0.6) is 0 Å². The molecule has 1 aromatic rings. The largest absolute Gasteiger partial charge is 0.392 e. The Bertz CT molecular complexity index is 479. The van der Waals surface area contributed by atoms with Crippen LogP contribution in [0.1, 0.15) is 31.0 Å². The number of hydrogen-bond acceptors (Lipinski definition) is 3. The second-order valence-electron chi connectivity index (χ2n) is 4.41. The first kappa shape index (κ1) is 15.9. The third-order valence-corrected chi connectivity index (χ3v) is 3.43. The van der Waals surface area contributed by atoms with E-state index in [0.29, 0.717) is 11.1 Å². The highest BCUT2D eigenvalue weighted by Gasteiger charge is 2.24. The molecule has 0 fully saturated rings. The number of hydrogen-bond donors (Lipinski definition) is 2. The Labute approximate surface area is 116 Å². The van der Waals surface area contributed by atoms with Gasteiger partial charge in [-0.15, -0.1) is 0 Å². The standard InChI is InChI=1S/C13H17ClFNO3/c1-7(16(3)13(19)8(2)18)10-4-9(15)5-12(14)11(10)6-17/h4-5,7-8,17-18H,6H2,1-3H3/t7-,8?/m0/s1. The monoisotopic (exact) mass is 289 g/mol. The number of carbonyl (C=O) groups is 1. The van der Waals surface area contributed by atoms with Gasteiger partial charge < -0.3 is 15.1 Å². The number of carbonyl (C=O) groups excluding carboxylic acids is 1. The molecule has 0 saturated heterocycles. The fourth-order valence-corrected chi connectivity index (χ4v) is 2.13. The summed E-state index contributed by atoms with van der Waals surface area (Å²) in [6, 6.07) is 1.82. The molecule has 0 aliphatic heterocycles. The molecule has 2 atom stereocenters. The van der Waals surface area contributed by atoms with Crippen molar-refractivity contribution in [3.63, 3.8) is 0 Å². The van der Waals surface area contributed by atoms with E-state index < -0.39 is 23.9 Å². The maximum atomic E-state index is 13.4. The highest BCUT2D eigenvalue weighted by molar-refractivity contribution is 6.31. The topological polar surface area (TPSA) is 60.8 Å².